The van der Waals surface area contributed by atoms with Crippen molar-refractivity contribution in [3.63, 3.8) is 0 Å². The molecule has 39 heavy (non-hydrogen) atoms. The highest BCUT2D eigenvalue weighted by molar-refractivity contribution is 5.71. The monoisotopic (exact) mass is 542 g/mol. The quantitative estimate of drug-likeness (QED) is 0.137. The molecule has 3 aromatic rings. The lowest BCUT2D eigenvalue weighted by atomic mass is 9.98. The van der Waals surface area contributed by atoms with Gasteiger partial charge < -0.3 is 14.2 Å². The lowest BCUT2D eigenvalue weighted by Gasteiger charge is -2.29. The predicted octanol–water partition coefficient (Wildman–Crippen LogP) is 9.16. The number of rotatable bonds is 11. The van der Waals surface area contributed by atoms with Crippen molar-refractivity contribution in [2.45, 2.75) is 52.2 Å². The van der Waals surface area contributed by atoms with Crippen molar-refractivity contribution < 1.29 is 31.8 Å². The van der Waals surface area contributed by atoms with Crippen molar-refractivity contribution in [1.29, 1.82) is 0 Å². The highest BCUT2D eigenvalue weighted by Gasteiger charge is 2.28. The molecule has 1 aliphatic heterocycles. The number of ether oxygens (including phenoxy) is 3. The van der Waals surface area contributed by atoms with Crippen molar-refractivity contribution >= 4 is 0 Å². The molecule has 1 heterocycles. The van der Waals surface area contributed by atoms with Crippen molar-refractivity contribution in [3.05, 3.63) is 89.5 Å². The van der Waals surface area contributed by atoms with Gasteiger partial charge in [-0.25, -0.2) is 13.2 Å². The summed E-state index contributed by atoms with van der Waals surface area (Å²) < 4.78 is 76.3. The Morgan fingerprint density at radius 3 is 2.03 bits per heavy atom. The Morgan fingerprint density at radius 2 is 1.41 bits per heavy atom. The molecule has 0 N–H and O–H groups in total. The molecule has 0 bridgehead atoms. The van der Waals surface area contributed by atoms with Crippen LogP contribution in [0.5, 0.6) is 5.75 Å². The van der Waals surface area contributed by atoms with Crippen LogP contribution in [-0.4, -0.2) is 19.8 Å². The third-order valence-corrected chi connectivity index (χ3v) is 6.87. The van der Waals surface area contributed by atoms with E-state index in [0.29, 0.717) is 30.9 Å². The Hall–Kier alpha value is -3.16. The van der Waals surface area contributed by atoms with E-state index >= 15 is 8.78 Å². The number of halogens is 4. The average Bonchev–Trinajstić information content (AvgIpc) is 2.96. The molecular formula is C32H34F4O3. The van der Waals surface area contributed by atoms with Gasteiger partial charge in [-0.3, -0.25) is 0 Å². The number of hydrogen-bond acceptors (Lipinski definition) is 3. The summed E-state index contributed by atoms with van der Waals surface area (Å²) >= 11 is 0. The second kappa shape index (κ2) is 13.8. The van der Waals surface area contributed by atoms with Crippen molar-refractivity contribution in [1.82, 2.24) is 0 Å². The highest BCUT2D eigenvalue weighted by atomic mass is 19.2. The molecule has 1 aliphatic rings. The molecule has 7 heteroatoms. The van der Waals surface area contributed by atoms with Crippen molar-refractivity contribution in [2.24, 2.45) is 5.92 Å². The average molecular weight is 543 g/mol. The Morgan fingerprint density at radius 1 is 0.795 bits per heavy atom. The maximum atomic E-state index is 15.1. The van der Waals surface area contributed by atoms with Gasteiger partial charge >= 0.3 is 0 Å². The lowest BCUT2D eigenvalue weighted by Crippen LogP contribution is -2.27. The fourth-order valence-electron chi connectivity index (χ4n) is 4.59. The molecule has 0 saturated carbocycles. The second-order valence-corrected chi connectivity index (χ2v) is 9.71. The third-order valence-electron chi connectivity index (χ3n) is 6.87. The summed E-state index contributed by atoms with van der Waals surface area (Å²) in [5.41, 5.74) is 0.906. The van der Waals surface area contributed by atoms with Gasteiger partial charge in [-0.2, -0.15) is 4.39 Å². The van der Waals surface area contributed by atoms with Crippen LogP contribution in [-0.2, 0) is 9.47 Å². The first kappa shape index (κ1) is 28.8. The fourth-order valence-corrected chi connectivity index (χ4v) is 4.59. The molecule has 0 atom stereocenters. The molecule has 0 aromatic heterocycles. The molecule has 3 aromatic carbocycles. The summed E-state index contributed by atoms with van der Waals surface area (Å²) in [7, 11) is 0. The topological polar surface area (TPSA) is 27.7 Å². The van der Waals surface area contributed by atoms with Gasteiger partial charge in [0.05, 0.1) is 19.8 Å². The van der Waals surface area contributed by atoms with E-state index in [1.807, 2.05) is 19.9 Å². The van der Waals surface area contributed by atoms with E-state index in [0.717, 1.165) is 32.1 Å². The standard InChI is InChI=1S/C32H34F4O3/c1-3-5-7-9-21-19-38-32(39-20-21)26-15-14-24(28(33)30(26)35)22-10-12-23(13-11-22)25-16-17-27(31(36)29(25)34)37-18-8-6-4-2/h3,5,10-17,21,32H,4,6-9,18-20H2,1-2H3/b5-3+. The molecule has 0 spiro atoms. The molecule has 3 nitrogen and oxygen atoms in total. The van der Waals surface area contributed by atoms with Crippen molar-refractivity contribution in [2.75, 3.05) is 19.8 Å². The number of allylic oxidation sites excluding steroid dienone is 2. The van der Waals surface area contributed by atoms with Crippen molar-refractivity contribution in [3.8, 4) is 28.0 Å². The first-order chi connectivity index (χ1) is 18.9. The fraction of sp³-hybridized carbons (Fsp3) is 0.375. The van der Waals surface area contributed by atoms with Crippen LogP contribution < -0.4 is 4.74 Å². The van der Waals surface area contributed by atoms with Crippen LogP contribution in [0.3, 0.4) is 0 Å². The van der Waals surface area contributed by atoms with E-state index in [9.17, 15) is 8.78 Å². The van der Waals surface area contributed by atoms with E-state index in [1.54, 1.807) is 24.3 Å². The maximum Gasteiger partial charge on any atom is 0.201 e. The van der Waals surface area contributed by atoms with E-state index in [2.05, 4.69) is 6.08 Å². The van der Waals surface area contributed by atoms with Crippen LogP contribution in [0, 0.1) is 29.2 Å². The van der Waals surface area contributed by atoms with Crippen LogP contribution in [0.25, 0.3) is 22.3 Å². The highest BCUT2D eigenvalue weighted by Crippen LogP contribution is 2.35. The zero-order chi connectivity index (χ0) is 27.8. The van der Waals surface area contributed by atoms with E-state index < -0.39 is 29.6 Å². The van der Waals surface area contributed by atoms with E-state index in [-0.39, 0.29) is 28.4 Å². The summed E-state index contributed by atoms with van der Waals surface area (Å²) in [4.78, 5) is 0. The van der Waals surface area contributed by atoms with Gasteiger partial charge in [0, 0.05) is 22.6 Å². The van der Waals surface area contributed by atoms with Gasteiger partial charge in [-0.05, 0) is 49.4 Å². The SMILES string of the molecule is C/C=C/CCC1COC(c2ccc(-c3ccc(-c4ccc(OCCCCC)c(F)c4F)cc3)c(F)c2F)OC1. The third kappa shape index (κ3) is 6.89. The van der Waals surface area contributed by atoms with Crippen LogP contribution >= 0.6 is 0 Å². The molecular weight excluding hydrogens is 508 g/mol. The maximum absolute atomic E-state index is 15.1. The Kier molecular flexibility index (Phi) is 10.2. The first-order valence-corrected chi connectivity index (χ1v) is 13.5. The normalized spacial score (nSPS) is 17.6. The molecule has 0 amide bonds. The Bertz CT molecular complexity index is 1270. The van der Waals surface area contributed by atoms with E-state index in [1.165, 1.54) is 24.3 Å². The molecule has 0 radical (unpaired) electrons. The zero-order valence-electron chi connectivity index (χ0n) is 22.3. The molecule has 4 rings (SSSR count). The van der Waals surface area contributed by atoms with Crippen LogP contribution in [0.4, 0.5) is 17.6 Å². The molecule has 1 saturated heterocycles. The predicted molar refractivity (Wildman–Crippen MR) is 144 cm³/mol. The van der Waals surface area contributed by atoms with Gasteiger partial charge in [0.2, 0.25) is 5.82 Å². The Balaban J connectivity index is 1.46. The number of benzene rings is 3. The first-order valence-electron chi connectivity index (χ1n) is 13.5. The van der Waals surface area contributed by atoms with Crippen LogP contribution in [0.2, 0.25) is 0 Å². The summed E-state index contributed by atoms with van der Waals surface area (Å²) in [6, 6.07) is 12.0. The summed E-state index contributed by atoms with van der Waals surface area (Å²) in [6.07, 6.45) is 7.61. The van der Waals surface area contributed by atoms with Crippen LogP contribution in [0.15, 0.2) is 60.7 Å². The van der Waals surface area contributed by atoms with Crippen LogP contribution in [0.1, 0.15) is 57.8 Å². The zero-order valence-corrected chi connectivity index (χ0v) is 22.3. The van der Waals surface area contributed by atoms with Gasteiger partial charge in [0.1, 0.15) is 0 Å². The molecule has 208 valence electrons. The Labute approximate surface area is 227 Å². The van der Waals surface area contributed by atoms with E-state index in [4.69, 9.17) is 14.2 Å². The minimum atomic E-state index is -1.05. The summed E-state index contributed by atoms with van der Waals surface area (Å²) in [6.45, 7) is 5.15. The summed E-state index contributed by atoms with van der Waals surface area (Å²) in [5.74, 6) is -4.05. The van der Waals surface area contributed by atoms with Gasteiger partial charge in [-0.15, -0.1) is 0 Å². The largest absolute Gasteiger partial charge is 0.490 e. The van der Waals surface area contributed by atoms with Gasteiger partial charge in [0.15, 0.2) is 29.5 Å². The molecule has 0 unspecified atom stereocenters. The van der Waals surface area contributed by atoms with Gasteiger partial charge in [-0.1, -0.05) is 68.3 Å². The molecule has 0 aliphatic carbocycles. The lowest BCUT2D eigenvalue weighted by molar-refractivity contribution is -0.207. The number of unbranched alkanes of at least 4 members (excludes halogenated alkanes) is 2. The number of hydrogen-bond donors (Lipinski definition) is 0. The second-order valence-electron chi connectivity index (χ2n) is 9.71. The smallest absolute Gasteiger partial charge is 0.201 e. The summed E-state index contributed by atoms with van der Waals surface area (Å²) in [5, 5.41) is 0. The minimum Gasteiger partial charge on any atom is -0.490 e. The minimum absolute atomic E-state index is 0.00863. The molecule has 1 fully saturated rings. The van der Waals surface area contributed by atoms with Gasteiger partial charge in [0.25, 0.3) is 0 Å².